The number of nitrogens with zero attached hydrogens (tertiary/aromatic N) is 4. The normalized spacial score (nSPS) is 16.6. The third-order valence-electron chi connectivity index (χ3n) is 5.15. The summed E-state index contributed by atoms with van der Waals surface area (Å²) in [7, 11) is 3.88. The van der Waals surface area contributed by atoms with Crippen molar-refractivity contribution in [2.45, 2.75) is 13.3 Å². The van der Waals surface area contributed by atoms with Gasteiger partial charge in [-0.1, -0.05) is 18.2 Å². The zero-order valence-electron chi connectivity index (χ0n) is 15.9. The van der Waals surface area contributed by atoms with Gasteiger partial charge in [0.15, 0.2) is 0 Å². The Morgan fingerprint density at radius 3 is 2.62 bits per heavy atom. The zero-order chi connectivity index (χ0) is 18.5. The SMILES string of the molecule is CCN(C)C(=O)c1ccc(N(C)C[C@H]2CCN(c3ccccc3)C2)nc1. The van der Waals surface area contributed by atoms with Gasteiger partial charge in [0.05, 0.1) is 5.56 Å². The van der Waals surface area contributed by atoms with Gasteiger partial charge in [0.25, 0.3) is 5.91 Å². The van der Waals surface area contributed by atoms with Gasteiger partial charge in [0.1, 0.15) is 5.82 Å². The predicted octanol–water partition coefficient (Wildman–Crippen LogP) is 3.14. The topological polar surface area (TPSA) is 39.7 Å². The molecule has 1 aromatic carbocycles. The number of anilines is 2. The van der Waals surface area contributed by atoms with Crippen molar-refractivity contribution in [3.63, 3.8) is 0 Å². The molecule has 5 nitrogen and oxygen atoms in total. The van der Waals surface area contributed by atoms with Gasteiger partial charge in [-0.05, 0) is 43.5 Å². The molecule has 0 aliphatic carbocycles. The molecule has 1 saturated heterocycles. The molecule has 1 aliphatic rings. The highest BCUT2D eigenvalue weighted by Crippen LogP contribution is 2.25. The lowest BCUT2D eigenvalue weighted by Gasteiger charge is -2.23. The van der Waals surface area contributed by atoms with Crippen LogP contribution in [0.2, 0.25) is 0 Å². The third-order valence-corrected chi connectivity index (χ3v) is 5.15. The van der Waals surface area contributed by atoms with Crippen LogP contribution in [0.15, 0.2) is 48.7 Å². The molecule has 1 fully saturated rings. The van der Waals surface area contributed by atoms with Crippen LogP contribution in [0.5, 0.6) is 0 Å². The average molecular weight is 352 g/mol. The molecule has 0 bridgehead atoms. The van der Waals surface area contributed by atoms with Gasteiger partial charge in [0, 0.05) is 52.2 Å². The van der Waals surface area contributed by atoms with Gasteiger partial charge in [-0.2, -0.15) is 0 Å². The van der Waals surface area contributed by atoms with Gasteiger partial charge in [-0.25, -0.2) is 4.98 Å². The maximum Gasteiger partial charge on any atom is 0.255 e. The van der Waals surface area contributed by atoms with Crippen molar-refractivity contribution in [2.24, 2.45) is 5.92 Å². The highest BCUT2D eigenvalue weighted by molar-refractivity contribution is 5.93. The Kier molecular flexibility index (Phi) is 5.76. The molecule has 1 atom stereocenters. The molecule has 0 N–H and O–H groups in total. The summed E-state index contributed by atoms with van der Waals surface area (Å²) in [5.74, 6) is 1.55. The van der Waals surface area contributed by atoms with Crippen LogP contribution in [0.4, 0.5) is 11.5 Å². The van der Waals surface area contributed by atoms with Crippen LogP contribution >= 0.6 is 0 Å². The van der Waals surface area contributed by atoms with E-state index >= 15 is 0 Å². The molecule has 1 aliphatic heterocycles. The molecule has 2 heterocycles. The van der Waals surface area contributed by atoms with Gasteiger partial charge >= 0.3 is 0 Å². The molecule has 2 aromatic rings. The Morgan fingerprint density at radius 2 is 1.96 bits per heavy atom. The van der Waals surface area contributed by atoms with Crippen molar-refractivity contribution in [3.05, 3.63) is 54.2 Å². The largest absolute Gasteiger partial charge is 0.371 e. The van der Waals surface area contributed by atoms with E-state index in [0.29, 0.717) is 18.0 Å². The van der Waals surface area contributed by atoms with E-state index in [0.717, 1.165) is 25.5 Å². The molecule has 5 heteroatoms. The van der Waals surface area contributed by atoms with Crippen LogP contribution in [0.25, 0.3) is 0 Å². The van der Waals surface area contributed by atoms with Gasteiger partial charge < -0.3 is 14.7 Å². The van der Waals surface area contributed by atoms with E-state index in [9.17, 15) is 4.79 Å². The molecule has 26 heavy (non-hydrogen) atoms. The second kappa shape index (κ2) is 8.21. The fourth-order valence-electron chi connectivity index (χ4n) is 3.44. The molecule has 0 saturated carbocycles. The van der Waals surface area contributed by atoms with Crippen LogP contribution in [0.3, 0.4) is 0 Å². The van der Waals surface area contributed by atoms with Gasteiger partial charge in [0.2, 0.25) is 0 Å². The van der Waals surface area contributed by atoms with Crippen LogP contribution in [-0.4, -0.2) is 56.1 Å². The summed E-state index contributed by atoms with van der Waals surface area (Å²) in [5, 5.41) is 0. The Bertz CT molecular complexity index is 717. The van der Waals surface area contributed by atoms with Crippen molar-refractivity contribution in [1.29, 1.82) is 0 Å². The molecule has 3 rings (SSSR count). The van der Waals surface area contributed by atoms with E-state index in [1.165, 1.54) is 12.1 Å². The molecular formula is C21H28N4O. The highest BCUT2D eigenvalue weighted by Gasteiger charge is 2.24. The lowest BCUT2D eigenvalue weighted by molar-refractivity contribution is 0.0802. The number of carbonyl (C=O) groups is 1. The summed E-state index contributed by atoms with van der Waals surface area (Å²) in [6.45, 7) is 5.81. The smallest absolute Gasteiger partial charge is 0.255 e. The number of para-hydroxylation sites is 1. The first-order chi connectivity index (χ1) is 12.6. The van der Waals surface area contributed by atoms with E-state index in [4.69, 9.17) is 0 Å². The molecule has 0 unspecified atom stereocenters. The van der Waals surface area contributed by atoms with Gasteiger partial charge in [-0.3, -0.25) is 4.79 Å². The number of benzene rings is 1. The summed E-state index contributed by atoms with van der Waals surface area (Å²) in [4.78, 5) is 23.0. The van der Waals surface area contributed by atoms with E-state index in [1.54, 1.807) is 18.1 Å². The summed E-state index contributed by atoms with van der Waals surface area (Å²) >= 11 is 0. The Morgan fingerprint density at radius 1 is 1.19 bits per heavy atom. The number of amides is 1. The lowest BCUT2D eigenvalue weighted by Crippen LogP contribution is -2.29. The third kappa shape index (κ3) is 4.15. The van der Waals surface area contributed by atoms with Crippen molar-refractivity contribution in [2.75, 3.05) is 50.1 Å². The Hall–Kier alpha value is -2.56. The Labute approximate surface area is 156 Å². The number of hydrogen-bond donors (Lipinski definition) is 0. The van der Waals surface area contributed by atoms with Crippen LogP contribution in [-0.2, 0) is 0 Å². The summed E-state index contributed by atoms with van der Waals surface area (Å²) in [6, 6.07) is 14.4. The monoisotopic (exact) mass is 352 g/mol. The molecule has 138 valence electrons. The second-order valence-electron chi connectivity index (χ2n) is 7.04. The molecular weight excluding hydrogens is 324 g/mol. The first-order valence-electron chi connectivity index (χ1n) is 9.31. The van der Waals surface area contributed by atoms with E-state index in [2.05, 4.69) is 52.2 Å². The standard InChI is InChI=1S/C21H28N4O/c1-4-23(2)21(26)18-10-11-20(22-14-18)24(3)15-17-12-13-25(16-17)19-8-6-5-7-9-19/h5-11,14,17H,4,12-13,15-16H2,1-3H3/t17-/m1/s1. The minimum atomic E-state index is 0.0171. The lowest BCUT2D eigenvalue weighted by atomic mass is 10.1. The maximum absolute atomic E-state index is 12.2. The van der Waals surface area contributed by atoms with E-state index in [1.807, 2.05) is 19.1 Å². The van der Waals surface area contributed by atoms with Crippen molar-refractivity contribution < 1.29 is 4.79 Å². The van der Waals surface area contributed by atoms with E-state index < -0.39 is 0 Å². The van der Waals surface area contributed by atoms with Crippen LogP contribution in [0, 0.1) is 5.92 Å². The van der Waals surface area contributed by atoms with Crippen LogP contribution in [0.1, 0.15) is 23.7 Å². The minimum absolute atomic E-state index is 0.0171. The quantitative estimate of drug-likeness (QED) is 0.801. The number of pyridine rings is 1. The molecule has 0 spiro atoms. The van der Waals surface area contributed by atoms with E-state index in [-0.39, 0.29) is 5.91 Å². The Balaban J connectivity index is 1.57. The second-order valence-corrected chi connectivity index (χ2v) is 7.04. The molecule has 0 radical (unpaired) electrons. The molecule has 1 amide bonds. The fraction of sp³-hybridized carbons (Fsp3) is 0.429. The number of carbonyl (C=O) groups excluding carboxylic acids is 1. The maximum atomic E-state index is 12.2. The first kappa shape index (κ1) is 18.2. The molecule has 1 aromatic heterocycles. The summed E-state index contributed by atoms with van der Waals surface area (Å²) in [5.41, 5.74) is 1.95. The predicted molar refractivity (Wildman–Crippen MR) is 107 cm³/mol. The number of hydrogen-bond acceptors (Lipinski definition) is 4. The van der Waals surface area contributed by atoms with Crippen LogP contribution < -0.4 is 9.80 Å². The van der Waals surface area contributed by atoms with Gasteiger partial charge in [-0.15, -0.1) is 0 Å². The van der Waals surface area contributed by atoms with Crippen molar-refractivity contribution in [1.82, 2.24) is 9.88 Å². The van der Waals surface area contributed by atoms with Crippen molar-refractivity contribution in [3.8, 4) is 0 Å². The minimum Gasteiger partial charge on any atom is -0.371 e. The summed E-state index contributed by atoms with van der Waals surface area (Å²) < 4.78 is 0. The zero-order valence-corrected chi connectivity index (χ0v) is 15.9. The fourth-order valence-corrected chi connectivity index (χ4v) is 3.44. The highest BCUT2D eigenvalue weighted by atomic mass is 16.2. The summed E-state index contributed by atoms with van der Waals surface area (Å²) in [6.07, 6.45) is 2.88. The number of rotatable bonds is 6. The number of aromatic nitrogens is 1. The average Bonchev–Trinajstić information content (AvgIpc) is 3.16. The first-order valence-corrected chi connectivity index (χ1v) is 9.31. The van der Waals surface area contributed by atoms with Crippen molar-refractivity contribution >= 4 is 17.4 Å².